The summed E-state index contributed by atoms with van der Waals surface area (Å²) in [5, 5.41) is 14.4. The van der Waals surface area contributed by atoms with Crippen LogP contribution in [0.3, 0.4) is 0 Å². The van der Waals surface area contributed by atoms with E-state index >= 15 is 0 Å². The first kappa shape index (κ1) is 32.3. The molecule has 39 heavy (non-hydrogen) atoms. The summed E-state index contributed by atoms with van der Waals surface area (Å²) >= 11 is 0. The first-order valence-electron chi connectivity index (χ1n) is 12.8. The molecular weight excluding hydrogens is 518 g/mol. The molecule has 2 aliphatic heterocycles. The van der Waals surface area contributed by atoms with Crippen LogP contribution in [0.15, 0.2) is 12.1 Å². The van der Waals surface area contributed by atoms with Crippen molar-refractivity contribution >= 4 is 17.4 Å². The number of nitro groups is 1. The van der Waals surface area contributed by atoms with Gasteiger partial charge in [0.2, 0.25) is 5.91 Å². The molecular formula is C25H39N3O11. The van der Waals surface area contributed by atoms with E-state index in [0.29, 0.717) is 52.6 Å². The third-order valence-electron chi connectivity index (χ3n) is 5.53. The van der Waals surface area contributed by atoms with Gasteiger partial charge in [0.1, 0.15) is 12.6 Å². The smallest absolute Gasteiger partial charge is 0.278 e. The minimum Gasteiger partial charge on any atom is -0.493 e. The van der Waals surface area contributed by atoms with Gasteiger partial charge >= 0.3 is 0 Å². The topological polar surface area (TPSA) is 180 Å². The molecule has 14 nitrogen and oxygen atoms in total. The lowest BCUT2D eigenvalue weighted by Crippen LogP contribution is -2.44. The molecule has 3 rings (SSSR count). The number of carbonyl (C=O) groups excluding carboxylic acids is 2. The van der Waals surface area contributed by atoms with Gasteiger partial charge in [-0.2, -0.15) is 0 Å². The van der Waals surface area contributed by atoms with Crippen LogP contribution in [-0.2, 0) is 39.9 Å². The molecule has 1 unspecified atom stereocenters. The standard InChI is InChI=1S/C25H39N3O11/c1-33-23-15-19-17-38-18-20(22(29)3-2-5-26)27-25(30)4-6-34-7-8-35-9-10-36-11-12-37-13-14-39-24(23)16-21(19)28(31)32/h15-16,20H,2-14,17-18,26H2,1H3,(H,27,30). The highest BCUT2D eigenvalue weighted by atomic mass is 16.6. The molecule has 0 saturated carbocycles. The zero-order chi connectivity index (χ0) is 28.3. The van der Waals surface area contributed by atoms with E-state index in [1.165, 1.54) is 19.2 Å². The van der Waals surface area contributed by atoms with Gasteiger partial charge < -0.3 is 44.2 Å². The molecule has 0 spiro atoms. The van der Waals surface area contributed by atoms with Crippen LogP contribution < -0.4 is 20.5 Å². The second-order valence-corrected chi connectivity index (χ2v) is 8.43. The fourth-order valence-corrected chi connectivity index (χ4v) is 3.51. The molecule has 0 radical (unpaired) electrons. The van der Waals surface area contributed by atoms with E-state index in [9.17, 15) is 19.7 Å². The van der Waals surface area contributed by atoms with Crippen molar-refractivity contribution in [1.29, 1.82) is 0 Å². The number of benzene rings is 1. The van der Waals surface area contributed by atoms with Crippen LogP contribution in [-0.4, -0.2) is 102 Å². The predicted octanol–water partition coefficient (Wildman–Crippen LogP) is 0.762. The van der Waals surface area contributed by atoms with Gasteiger partial charge in [-0.05, 0) is 19.0 Å². The number of Topliss-reactive ketones (excluding diaryl/α,β-unsaturated/α-hetero) is 1. The second-order valence-electron chi connectivity index (χ2n) is 8.43. The molecule has 3 N–H and O–H groups in total. The number of fused-ring (bicyclic) bond motifs is 22. The maximum Gasteiger partial charge on any atom is 0.278 e. The zero-order valence-corrected chi connectivity index (χ0v) is 22.4. The fourth-order valence-electron chi connectivity index (χ4n) is 3.51. The second kappa shape index (κ2) is 19.2. The Bertz CT molecular complexity index is 900. The SMILES string of the molecule is COc1cc2c([N+](=O)[O-])cc1OCCOCCOCCOCCOCCC(=O)NC(C(=O)CCCN)COC2. The number of rotatable bonds is 6. The van der Waals surface area contributed by atoms with Crippen LogP contribution >= 0.6 is 0 Å². The molecule has 2 heterocycles. The Morgan fingerprint density at radius 1 is 1.03 bits per heavy atom. The average molecular weight is 558 g/mol. The number of ether oxygens (including phenoxy) is 7. The summed E-state index contributed by atoms with van der Waals surface area (Å²) in [6, 6.07) is 1.77. The van der Waals surface area contributed by atoms with E-state index < -0.39 is 11.0 Å². The number of nitro benzene ring substituents is 1. The quantitative estimate of drug-likeness (QED) is 0.285. The van der Waals surface area contributed by atoms with Crippen molar-refractivity contribution in [1.82, 2.24) is 5.32 Å². The Kier molecular flexibility index (Phi) is 15.9. The number of hydrogen-bond donors (Lipinski definition) is 2. The summed E-state index contributed by atoms with van der Waals surface area (Å²) in [7, 11) is 1.42. The molecule has 2 bridgehead atoms. The molecule has 2 aliphatic rings. The first-order valence-corrected chi connectivity index (χ1v) is 12.8. The van der Waals surface area contributed by atoms with Crippen molar-refractivity contribution in [3.8, 4) is 11.5 Å². The average Bonchev–Trinajstić information content (AvgIpc) is 2.92. The van der Waals surface area contributed by atoms with Crippen LogP contribution in [0, 0.1) is 10.1 Å². The van der Waals surface area contributed by atoms with Crippen LogP contribution in [0.1, 0.15) is 24.8 Å². The molecule has 1 amide bonds. The largest absolute Gasteiger partial charge is 0.493 e. The van der Waals surface area contributed by atoms with E-state index in [-0.39, 0.29) is 80.3 Å². The Balaban J connectivity index is 2.13. The monoisotopic (exact) mass is 557 g/mol. The highest BCUT2D eigenvalue weighted by Crippen LogP contribution is 2.35. The first-order chi connectivity index (χ1) is 19.0. The zero-order valence-electron chi connectivity index (χ0n) is 22.4. The molecule has 0 fully saturated rings. The van der Waals surface area contributed by atoms with Crippen molar-refractivity contribution in [2.45, 2.75) is 31.9 Å². The fraction of sp³-hybridized carbons (Fsp3) is 0.680. The van der Waals surface area contributed by atoms with E-state index in [1.54, 1.807) is 0 Å². The molecule has 14 heteroatoms. The summed E-state index contributed by atoms with van der Waals surface area (Å²) in [6.45, 7) is 2.61. The molecule has 220 valence electrons. The number of ketones is 1. The maximum atomic E-state index is 12.7. The normalized spacial score (nSPS) is 19.6. The Labute approximate surface area is 227 Å². The molecule has 1 atom stereocenters. The number of methoxy groups -OCH3 is 1. The van der Waals surface area contributed by atoms with Crippen LogP contribution in [0.25, 0.3) is 0 Å². The van der Waals surface area contributed by atoms with Crippen molar-refractivity contribution in [2.24, 2.45) is 5.73 Å². The third kappa shape index (κ3) is 12.7. The van der Waals surface area contributed by atoms with Crippen molar-refractivity contribution in [2.75, 3.05) is 79.7 Å². The summed E-state index contributed by atoms with van der Waals surface area (Å²) in [6.07, 6.45) is 0.647. The van der Waals surface area contributed by atoms with Gasteiger partial charge in [0.15, 0.2) is 17.3 Å². The summed E-state index contributed by atoms with van der Waals surface area (Å²) in [4.78, 5) is 36.3. The third-order valence-corrected chi connectivity index (χ3v) is 5.53. The number of amides is 1. The number of nitrogens with two attached hydrogens (primary N) is 1. The Morgan fingerprint density at radius 2 is 1.64 bits per heavy atom. The van der Waals surface area contributed by atoms with Gasteiger partial charge in [-0.1, -0.05) is 0 Å². The minimum atomic E-state index is -0.939. The number of carbonyl (C=O) groups is 2. The number of nitrogens with one attached hydrogen (secondary N) is 1. The van der Waals surface area contributed by atoms with E-state index in [1.807, 2.05) is 0 Å². The van der Waals surface area contributed by atoms with Crippen LogP contribution in [0.4, 0.5) is 5.69 Å². The summed E-state index contributed by atoms with van der Waals surface area (Å²) in [5.41, 5.74) is 5.50. The van der Waals surface area contributed by atoms with Gasteiger partial charge in [-0.25, -0.2) is 0 Å². The lowest BCUT2D eigenvalue weighted by molar-refractivity contribution is -0.386. The van der Waals surface area contributed by atoms with Crippen molar-refractivity contribution in [3.63, 3.8) is 0 Å². The van der Waals surface area contributed by atoms with Gasteiger partial charge in [0, 0.05) is 12.8 Å². The van der Waals surface area contributed by atoms with Gasteiger partial charge in [0.05, 0.1) is 89.7 Å². The molecule has 0 saturated heterocycles. The number of hydrogen-bond acceptors (Lipinski definition) is 12. The summed E-state index contributed by atoms with van der Waals surface area (Å²) < 4.78 is 38.4. The molecule has 1 aromatic rings. The van der Waals surface area contributed by atoms with E-state index in [4.69, 9.17) is 38.9 Å². The van der Waals surface area contributed by atoms with Crippen LogP contribution in [0.5, 0.6) is 11.5 Å². The van der Waals surface area contributed by atoms with Gasteiger partial charge in [0.25, 0.3) is 5.69 Å². The Hall–Kier alpha value is -2.88. The van der Waals surface area contributed by atoms with E-state index in [2.05, 4.69) is 5.32 Å². The highest BCUT2D eigenvalue weighted by molar-refractivity contribution is 5.89. The predicted molar refractivity (Wildman–Crippen MR) is 138 cm³/mol. The molecule has 0 aliphatic carbocycles. The highest BCUT2D eigenvalue weighted by Gasteiger charge is 2.23. The lowest BCUT2D eigenvalue weighted by Gasteiger charge is -2.18. The lowest BCUT2D eigenvalue weighted by atomic mass is 10.1. The van der Waals surface area contributed by atoms with Gasteiger partial charge in [-0.15, -0.1) is 0 Å². The van der Waals surface area contributed by atoms with Crippen molar-refractivity contribution in [3.05, 3.63) is 27.8 Å². The van der Waals surface area contributed by atoms with Crippen LogP contribution in [0.2, 0.25) is 0 Å². The maximum absolute atomic E-state index is 12.7. The molecule has 0 aromatic heterocycles. The van der Waals surface area contributed by atoms with Gasteiger partial charge in [-0.3, -0.25) is 19.7 Å². The Morgan fingerprint density at radius 3 is 2.23 bits per heavy atom. The van der Waals surface area contributed by atoms with Crippen molar-refractivity contribution < 1.29 is 47.7 Å². The minimum absolute atomic E-state index is 0.0356. The van der Waals surface area contributed by atoms with E-state index in [0.717, 1.165) is 0 Å². The molecule has 1 aromatic carbocycles. The number of nitrogens with zero attached hydrogens (tertiary/aromatic N) is 1. The summed E-state index contributed by atoms with van der Waals surface area (Å²) in [5.74, 6) is -0.182.